The van der Waals surface area contributed by atoms with Gasteiger partial charge in [0.2, 0.25) is 0 Å². The Balaban J connectivity index is 2.50. The Kier molecular flexibility index (Phi) is 5.65. The molecule has 0 radical (unpaired) electrons. The molecule has 0 aromatic heterocycles. The van der Waals surface area contributed by atoms with Crippen LogP contribution in [0.1, 0.15) is 52.9 Å². The van der Waals surface area contributed by atoms with Crippen molar-refractivity contribution in [2.75, 3.05) is 20.6 Å². The van der Waals surface area contributed by atoms with E-state index in [0.717, 1.165) is 25.3 Å². The van der Waals surface area contributed by atoms with Gasteiger partial charge in [-0.15, -0.1) is 0 Å². The van der Waals surface area contributed by atoms with E-state index in [1.54, 1.807) is 4.90 Å². The molecular formula is C15H30N2O2. The quantitative estimate of drug-likeness (QED) is 0.852. The maximum absolute atomic E-state index is 11.5. The van der Waals surface area contributed by atoms with Crippen LogP contribution < -0.4 is 0 Å². The van der Waals surface area contributed by atoms with Crippen molar-refractivity contribution in [1.29, 1.82) is 0 Å². The number of hydrogen-bond acceptors (Lipinski definition) is 2. The van der Waals surface area contributed by atoms with Gasteiger partial charge in [-0.05, 0) is 79.4 Å². The summed E-state index contributed by atoms with van der Waals surface area (Å²) in [5.41, 5.74) is -0.299. The van der Waals surface area contributed by atoms with Crippen LogP contribution in [0.5, 0.6) is 0 Å². The summed E-state index contributed by atoms with van der Waals surface area (Å²) in [6.07, 6.45) is 4.83. The van der Waals surface area contributed by atoms with Gasteiger partial charge in [0.15, 0.2) is 0 Å². The molecule has 0 saturated heterocycles. The van der Waals surface area contributed by atoms with Crippen molar-refractivity contribution in [1.82, 2.24) is 9.80 Å². The topological polar surface area (TPSA) is 43.8 Å². The number of carbonyl (C=O) groups is 1. The summed E-state index contributed by atoms with van der Waals surface area (Å²) < 4.78 is 0. The van der Waals surface area contributed by atoms with E-state index in [2.05, 4.69) is 19.0 Å². The second-order valence-electron chi connectivity index (χ2n) is 7.09. The summed E-state index contributed by atoms with van der Waals surface area (Å²) in [7, 11) is 4.22. The molecule has 1 aliphatic carbocycles. The smallest absolute Gasteiger partial charge is 0.407 e. The average molecular weight is 270 g/mol. The lowest BCUT2D eigenvalue weighted by Gasteiger charge is -2.42. The summed E-state index contributed by atoms with van der Waals surface area (Å²) in [6, 6.07) is 0.202. The van der Waals surface area contributed by atoms with Crippen molar-refractivity contribution in [3.63, 3.8) is 0 Å². The van der Waals surface area contributed by atoms with Gasteiger partial charge in [0.25, 0.3) is 0 Å². The van der Waals surface area contributed by atoms with Gasteiger partial charge in [-0.3, -0.25) is 0 Å². The van der Waals surface area contributed by atoms with Crippen LogP contribution in [-0.4, -0.2) is 53.2 Å². The predicted molar refractivity (Wildman–Crippen MR) is 78.5 cm³/mol. The van der Waals surface area contributed by atoms with E-state index in [0.29, 0.717) is 0 Å². The Morgan fingerprint density at radius 3 is 2.05 bits per heavy atom. The second kappa shape index (κ2) is 6.60. The minimum Gasteiger partial charge on any atom is -0.465 e. The van der Waals surface area contributed by atoms with Gasteiger partial charge in [0.05, 0.1) is 0 Å². The van der Waals surface area contributed by atoms with Crippen LogP contribution in [0.3, 0.4) is 0 Å². The van der Waals surface area contributed by atoms with E-state index in [9.17, 15) is 9.90 Å². The summed E-state index contributed by atoms with van der Waals surface area (Å²) in [5, 5.41) is 9.42. The molecule has 4 heteroatoms. The highest BCUT2D eigenvalue weighted by Gasteiger charge is 2.35. The van der Waals surface area contributed by atoms with Crippen LogP contribution in [0.2, 0.25) is 0 Å². The molecule has 1 N–H and O–H groups in total. The number of hydrogen-bond donors (Lipinski definition) is 1. The highest BCUT2D eigenvalue weighted by molar-refractivity contribution is 5.66. The first-order valence-electron chi connectivity index (χ1n) is 7.39. The van der Waals surface area contributed by atoms with Gasteiger partial charge >= 0.3 is 6.09 Å². The van der Waals surface area contributed by atoms with E-state index < -0.39 is 6.09 Å². The zero-order chi connectivity index (χ0) is 14.6. The van der Waals surface area contributed by atoms with Crippen LogP contribution >= 0.6 is 0 Å². The fourth-order valence-electron chi connectivity index (χ4n) is 3.12. The molecule has 0 unspecified atom stereocenters. The molecule has 1 fully saturated rings. The third kappa shape index (κ3) is 5.01. The molecule has 19 heavy (non-hydrogen) atoms. The second-order valence-corrected chi connectivity index (χ2v) is 7.09. The minimum atomic E-state index is -0.774. The molecule has 1 saturated carbocycles. The Morgan fingerprint density at radius 1 is 1.16 bits per heavy atom. The summed E-state index contributed by atoms with van der Waals surface area (Å²) in [4.78, 5) is 15.4. The lowest BCUT2D eigenvalue weighted by Crippen LogP contribution is -2.52. The first-order chi connectivity index (χ1) is 8.71. The average Bonchev–Trinajstić information content (AvgIpc) is 2.25. The van der Waals surface area contributed by atoms with Gasteiger partial charge in [0.1, 0.15) is 0 Å². The molecule has 112 valence electrons. The third-order valence-corrected chi connectivity index (χ3v) is 4.09. The Bertz CT molecular complexity index is 289. The molecule has 0 bridgehead atoms. The van der Waals surface area contributed by atoms with Crippen molar-refractivity contribution in [3.05, 3.63) is 0 Å². The SMILES string of the molecule is CN(C)CCC1CCC(N(C(=O)O)C(C)(C)C)CC1. The van der Waals surface area contributed by atoms with Crippen LogP contribution in [0.25, 0.3) is 0 Å². The molecule has 0 spiro atoms. The maximum Gasteiger partial charge on any atom is 0.407 e. The molecule has 0 aromatic rings. The van der Waals surface area contributed by atoms with Crippen LogP contribution in [0.4, 0.5) is 4.79 Å². The lowest BCUT2D eigenvalue weighted by molar-refractivity contribution is 0.0493. The van der Waals surface area contributed by atoms with E-state index in [1.165, 1.54) is 19.3 Å². The molecule has 0 atom stereocenters. The first kappa shape index (κ1) is 16.3. The number of nitrogens with zero attached hydrogens (tertiary/aromatic N) is 2. The van der Waals surface area contributed by atoms with Crippen molar-refractivity contribution >= 4 is 6.09 Å². The van der Waals surface area contributed by atoms with E-state index >= 15 is 0 Å². The molecule has 0 aromatic carbocycles. The molecule has 0 heterocycles. The number of carboxylic acid groups (broad SMARTS) is 1. The fraction of sp³-hybridized carbons (Fsp3) is 0.933. The van der Waals surface area contributed by atoms with Crippen molar-refractivity contribution in [2.24, 2.45) is 5.92 Å². The number of amides is 1. The number of rotatable bonds is 4. The highest BCUT2D eigenvalue weighted by atomic mass is 16.4. The predicted octanol–water partition coefficient (Wildman–Crippen LogP) is 3.28. The van der Waals surface area contributed by atoms with E-state index in [-0.39, 0.29) is 11.6 Å². The summed E-state index contributed by atoms with van der Waals surface area (Å²) >= 11 is 0. The van der Waals surface area contributed by atoms with Crippen LogP contribution in [0.15, 0.2) is 0 Å². The molecule has 1 rings (SSSR count). The van der Waals surface area contributed by atoms with Crippen LogP contribution in [-0.2, 0) is 0 Å². The third-order valence-electron chi connectivity index (χ3n) is 4.09. The zero-order valence-corrected chi connectivity index (χ0v) is 13.1. The van der Waals surface area contributed by atoms with Gasteiger partial charge in [0, 0.05) is 11.6 Å². The van der Waals surface area contributed by atoms with Gasteiger partial charge < -0.3 is 14.9 Å². The molecule has 0 aliphatic heterocycles. The first-order valence-corrected chi connectivity index (χ1v) is 7.39. The van der Waals surface area contributed by atoms with Crippen LogP contribution in [0, 0.1) is 5.92 Å². The Hall–Kier alpha value is -0.770. The molecular weight excluding hydrogens is 240 g/mol. The standard InChI is InChI=1S/C15H30N2O2/c1-15(2,3)17(14(18)19)13-8-6-12(7-9-13)10-11-16(4)5/h12-13H,6-11H2,1-5H3,(H,18,19). The molecule has 1 amide bonds. The van der Waals surface area contributed by atoms with E-state index in [4.69, 9.17) is 0 Å². The maximum atomic E-state index is 11.5. The normalized spacial score (nSPS) is 24.5. The minimum absolute atomic E-state index is 0.202. The Labute approximate surface area is 117 Å². The fourth-order valence-corrected chi connectivity index (χ4v) is 3.12. The van der Waals surface area contributed by atoms with E-state index in [1.807, 2.05) is 20.8 Å². The summed E-state index contributed by atoms with van der Waals surface area (Å²) in [6.45, 7) is 7.09. The Morgan fingerprint density at radius 2 is 1.68 bits per heavy atom. The van der Waals surface area contributed by atoms with Gasteiger partial charge in [-0.1, -0.05) is 0 Å². The van der Waals surface area contributed by atoms with Gasteiger partial charge in [-0.2, -0.15) is 0 Å². The highest BCUT2D eigenvalue weighted by Crippen LogP contribution is 2.32. The van der Waals surface area contributed by atoms with Crippen molar-refractivity contribution in [3.8, 4) is 0 Å². The lowest BCUT2D eigenvalue weighted by atomic mass is 9.82. The monoisotopic (exact) mass is 270 g/mol. The molecule has 1 aliphatic rings. The van der Waals surface area contributed by atoms with Crippen molar-refractivity contribution < 1.29 is 9.90 Å². The summed E-state index contributed by atoms with van der Waals surface area (Å²) in [5.74, 6) is 0.772. The molecule has 4 nitrogen and oxygen atoms in total. The van der Waals surface area contributed by atoms with Gasteiger partial charge in [-0.25, -0.2) is 4.79 Å². The van der Waals surface area contributed by atoms with Crippen molar-refractivity contribution in [2.45, 2.75) is 64.5 Å². The largest absolute Gasteiger partial charge is 0.465 e. The zero-order valence-electron chi connectivity index (χ0n) is 13.1.